The molecule has 0 aromatic rings. The Labute approximate surface area is 122 Å². The third-order valence-corrected chi connectivity index (χ3v) is 7.15. The first kappa shape index (κ1) is 12.6. The molecule has 1 heteroatoms. The van der Waals surface area contributed by atoms with Crippen molar-refractivity contribution in [3.05, 3.63) is 24.3 Å². The molecule has 0 spiro atoms. The molecule has 0 amide bonds. The maximum atomic E-state index is 2.51. The van der Waals surface area contributed by atoms with Crippen molar-refractivity contribution in [3.8, 4) is 0 Å². The van der Waals surface area contributed by atoms with Crippen molar-refractivity contribution in [2.24, 2.45) is 35.5 Å². The van der Waals surface area contributed by atoms with Gasteiger partial charge >= 0.3 is 0 Å². The summed E-state index contributed by atoms with van der Waals surface area (Å²) >= 11 is 2.23. The summed E-state index contributed by atoms with van der Waals surface area (Å²) < 4.78 is 0. The molecule has 0 saturated heterocycles. The highest BCUT2D eigenvalue weighted by molar-refractivity contribution is 7.99. The number of hydrogen-bond donors (Lipinski definition) is 0. The first-order valence-electron chi connectivity index (χ1n) is 8.33. The lowest BCUT2D eigenvalue weighted by Gasteiger charge is -2.19. The minimum atomic E-state index is 0.959. The fourth-order valence-electron chi connectivity index (χ4n) is 5.02. The zero-order valence-corrected chi connectivity index (χ0v) is 12.7. The molecule has 2 fully saturated rings. The molecule has 19 heavy (non-hydrogen) atoms. The summed E-state index contributed by atoms with van der Waals surface area (Å²) in [5, 5.41) is 0. The van der Waals surface area contributed by atoms with E-state index in [1.807, 2.05) is 0 Å². The van der Waals surface area contributed by atoms with Gasteiger partial charge in [-0.3, -0.25) is 0 Å². The van der Waals surface area contributed by atoms with Crippen molar-refractivity contribution in [2.45, 2.75) is 38.5 Å². The lowest BCUT2D eigenvalue weighted by Crippen LogP contribution is -2.09. The second-order valence-electron chi connectivity index (χ2n) is 7.27. The van der Waals surface area contributed by atoms with Crippen molar-refractivity contribution in [3.63, 3.8) is 0 Å². The molecule has 2 saturated carbocycles. The highest BCUT2D eigenvalue weighted by Crippen LogP contribution is 2.46. The number of thioether (sulfide) groups is 1. The third-order valence-electron chi connectivity index (χ3n) is 6.10. The van der Waals surface area contributed by atoms with Gasteiger partial charge in [-0.2, -0.15) is 11.8 Å². The Hall–Kier alpha value is -0.170. The van der Waals surface area contributed by atoms with Crippen LogP contribution in [0.4, 0.5) is 0 Å². The van der Waals surface area contributed by atoms with Gasteiger partial charge in [-0.15, -0.1) is 0 Å². The average Bonchev–Trinajstić information content (AvgIpc) is 3.18. The molecule has 0 heterocycles. The van der Waals surface area contributed by atoms with Gasteiger partial charge in [-0.05, 0) is 85.5 Å². The molecule has 4 aliphatic carbocycles. The number of hydrogen-bond acceptors (Lipinski definition) is 1. The van der Waals surface area contributed by atoms with Crippen molar-refractivity contribution in [1.29, 1.82) is 0 Å². The van der Waals surface area contributed by atoms with Gasteiger partial charge in [0.25, 0.3) is 0 Å². The van der Waals surface area contributed by atoms with E-state index in [-0.39, 0.29) is 0 Å². The van der Waals surface area contributed by atoms with Crippen LogP contribution in [0.25, 0.3) is 0 Å². The number of fused-ring (bicyclic) bond motifs is 4. The molecule has 4 aliphatic rings. The quantitative estimate of drug-likeness (QED) is 0.489. The van der Waals surface area contributed by atoms with Gasteiger partial charge in [0, 0.05) is 0 Å². The zero-order valence-electron chi connectivity index (χ0n) is 11.8. The normalized spacial score (nSPS) is 45.7. The fourth-order valence-corrected chi connectivity index (χ4v) is 6.17. The Balaban J connectivity index is 1.11. The number of rotatable bonds is 6. The van der Waals surface area contributed by atoms with E-state index in [1.165, 1.54) is 50.0 Å². The van der Waals surface area contributed by atoms with Crippen LogP contribution in [-0.2, 0) is 0 Å². The zero-order chi connectivity index (χ0) is 12.7. The predicted octanol–water partition coefficient (Wildman–Crippen LogP) is 4.92. The fraction of sp³-hybridized carbons (Fsp3) is 0.778. The lowest BCUT2D eigenvalue weighted by atomic mass is 9.91. The van der Waals surface area contributed by atoms with Crippen LogP contribution in [0.15, 0.2) is 24.3 Å². The maximum Gasteiger partial charge on any atom is -0.00647 e. The molecule has 6 unspecified atom stereocenters. The van der Waals surface area contributed by atoms with Crippen LogP contribution >= 0.6 is 11.8 Å². The standard InChI is InChI=1S/C18H26S/c1-3-15-9-13(1)11-17(15)5-7-19-8-6-18-12-14-2-4-16(18)10-14/h1-4,13-18H,5-12H2. The van der Waals surface area contributed by atoms with Crippen LogP contribution in [0.3, 0.4) is 0 Å². The van der Waals surface area contributed by atoms with Gasteiger partial charge in [0.1, 0.15) is 0 Å². The van der Waals surface area contributed by atoms with Gasteiger partial charge in [0.2, 0.25) is 0 Å². The summed E-state index contributed by atoms with van der Waals surface area (Å²) in [6.07, 6.45) is 18.9. The first-order chi connectivity index (χ1) is 9.38. The minimum Gasteiger partial charge on any atom is -0.162 e. The van der Waals surface area contributed by atoms with Gasteiger partial charge in [0.05, 0.1) is 0 Å². The average molecular weight is 274 g/mol. The third kappa shape index (κ3) is 2.55. The van der Waals surface area contributed by atoms with Crippen molar-refractivity contribution in [2.75, 3.05) is 11.5 Å². The van der Waals surface area contributed by atoms with E-state index < -0.39 is 0 Å². The second-order valence-corrected chi connectivity index (χ2v) is 8.50. The van der Waals surface area contributed by atoms with E-state index in [4.69, 9.17) is 0 Å². The number of allylic oxidation sites excluding steroid dienone is 4. The summed E-state index contributed by atoms with van der Waals surface area (Å²) in [6.45, 7) is 0. The Morgan fingerprint density at radius 2 is 1.21 bits per heavy atom. The molecular formula is C18H26S. The van der Waals surface area contributed by atoms with Crippen molar-refractivity contribution >= 4 is 11.8 Å². The van der Waals surface area contributed by atoms with Crippen LogP contribution in [0.5, 0.6) is 0 Å². The Kier molecular flexibility index (Phi) is 3.51. The molecule has 4 bridgehead atoms. The van der Waals surface area contributed by atoms with E-state index in [9.17, 15) is 0 Å². The van der Waals surface area contributed by atoms with Gasteiger partial charge < -0.3 is 0 Å². The van der Waals surface area contributed by atoms with Crippen LogP contribution in [-0.4, -0.2) is 11.5 Å². The minimum absolute atomic E-state index is 0.959. The molecule has 6 atom stereocenters. The first-order valence-corrected chi connectivity index (χ1v) is 9.48. The Morgan fingerprint density at radius 3 is 1.58 bits per heavy atom. The lowest BCUT2D eigenvalue weighted by molar-refractivity contribution is 0.433. The van der Waals surface area contributed by atoms with Gasteiger partial charge in [0.15, 0.2) is 0 Å². The topological polar surface area (TPSA) is 0 Å². The van der Waals surface area contributed by atoms with E-state index in [1.54, 1.807) is 0 Å². The van der Waals surface area contributed by atoms with Crippen molar-refractivity contribution in [1.82, 2.24) is 0 Å². The van der Waals surface area contributed by atoms with E-state index in [0.29, 0.717) is 0 Å². The molecule has 0 N–H and O–H groups in total. The second kappa shape index (κ2) is 5.31. The Bertz CT molecular complexity index is 347. The van der Waals surface area contributed by atoms with Gasteiger partial charge in [-0.1, -0.05) is 24.3 Å². The highest BCUT2D eigenvalue weighted by Gasteiger charge is 2.36. The molecule has 0 aliphatic heterocycles. The van der Waals surface area contributed by atoms with Gasteiger partial charge in [-0.25, -0.2) is 0 Å². The summed E-state index contributed by atoms with van der Waals surface area (Å²) in [5.41, 5.74) is 0. The van der Waals surface area contributed by atoms with E-state index >= 15 is 0 Å². The maximum absolute atomic E-state index is 2.51. The summed E-state index contributed by atoms with van der Waals surface area (Å²) in [6, 6.07) is 0. The van der Waals surface area contributed by atoms with E-state index in [2.05, 4.69) is 36.1 Å². The predicted molar refractivity (Wildman–Crippen MR) is 84.2 cm³/mol. The molecule has 0 radical (unpaired) electrons. The summed E-state index contributed by atoms with van der Waals surface area (Å²) in [5.74, 6) is 8.74. The largest absolute Gasteiger partial charge is 0.162 e. The molecule has 0 nitrogen and oxygen atoms in total. The molecular weight excluding hydrogens is 248 g/mol. The Morgan fingerprint density at radius 1 is 0.684 bits per heavy atom. The summed E-state index contributed by atoms with van der Waals surface area (Å²) in [7, 11) is 0. The van der Waals surface area contributed by atoms with E-state index in [0.717, 1.165) is 35.5 Å². The summed E-state index contributed by atoms with van der Waals surface area (Å²) in [4.78, 5) is 0. The molecule has 0 aromatic carbocycles. The smallest absolute Gasteiger partial charge is 0.00647 e. The monoisotopic (exact) mass is 274 g/mol. The van der Waals surface area contributed by atoms with Crippen molar-refractivity contribution < 1.29 is 0 Å². The van der Waals surface area contributed by atoms with Crippen LogP contribution in [0.1, 0.15) is 38.5 Å². The highest BCUT2D eigenvalue weighted by atomic mass is 32.2. The SMILES string of the molecule is C1=CC2CC1CC2CCSCCC1CC2C=CC1C2. The molecule has 104 valence electrons. The molecule has 4 rings (SSSR count). The molecule has 0 aromatic heterocycles. The van der Waals surface area contributed by atoms with Crippen LogP contribution < -0.4 is 0 Å². The van der Waals surface area contributed by atoms with Crippen LogP contribution in [0.2, 0.25) is 0 Å². The van der Waals surface area contributed by atoms with Crippen LogP contribution in [0, 0.1) is 35.5 Å².